The van der Waals surface area contributed by atoms with E-state index in [-0.39, 0.29) is 0 Å². The van der Waals surface area contributed by atoms with E-state index in [9.17, 15) is 0 Å². The summed E-state index contributed by atoms with van der Waals surface area (Å²) >= 11 is 7.04. The van der Waals surface area contributed by atoms with Crippen molar-refractivity contribution in [2.45, 2.75) is 13.1 Å². The van der Waals surface area contributed by atoms with Crippen LogP contribution in [-0.4, -0.2) is 26.2 Å². The van der Waals surface area contributed by atoms with Gasteiger partial charge in [-0.25, -0.2) is 4.98 Å². The van der Waals surface area contributed by atoms with Crippen molar-refractivity contribution < 1.29 is 4.74 Å². The molecule has 0 bridgehead atoms. The van der Waals surface area contributed by atoms with Crippen LogP contribution in [0.4, 0.5) is 5.82 Å². The molecule has 1 aromatic carbocycles. The summed E-state index contributed by atoms with van der Waals surface area (Å²) in [5.74, 6) is 1.84. The number of anilines is 1. The fourth-order valence-corrected chi connectivity index (χ4v) is 3.75. The molecular formula is C16H19Br2N3O. The summed E-state index contributed by atoms with van der Waals surface area (Å²) in [5, 5.41) is 3.45. The summed E-state index contributed by atoms with van der Waals surface area (Å²) in [5.41, 5.74) is 2.26. The number of pyridine rings is 1. The number of aromatic nitrogens is 1. The van der Waals surface area contributed by atoms with Crippen molar-refractivity contribution in [3.05, 3.63) is 50.5 Å². The molecule has 1 heterocycles. The molecule has 0 saturated heterocycles. The molecule has 2 rings (SSSR count). The fourth-order valence-electron chi connectivity index (χ4n) is 2.28. The molecule has 118 valence electrons. The number of halogens is 2. The van der Waals surface area contributed by atoms with E-state index in [0.717, 1.165) is 32.6 Å². The molecule has 4 nitrogen and oxygen atoms in total. The van der Waals surface area contributed by atoms with Gasteiger partial charge in [-0.2, -0.15) is 0 Å². The first-order valence-corrected chi connectivity index (χ1v) is 8.45. The van der Waals surface area contributed by atoms with Crippen LogP contribution in [0.25, 0.3) is 0 Å². The molecule has 0 saturated carbocycles. The van der Waals surface area contributed by atoms with Crippen LogP contribution in [0.1, 0.15) is 11.1 Å². The van der Waals surface area contributed by atoms with Gasteiger partial charge in [0, 0.05) is 49.0 Å². The summed E-state index contributed by atoms with van der Waals surface area (Å²) in [6.45, 7) is 1.46. The van der Waals surface area contributed by atoms with Gasteiger partial charge in [-0.15, -0.1) is 0 Å². The number of nitrogens with zero attached hydrogens (tertiary/aromatic N) is 2. The molecule has 0 fully saturated rings. The highest BCUT2D eigenvalue weighted by Crippen LogP contribution is 2.32. The zero-order valence-electron chi connectivity index (χ0n) is 12.9. The third kappa shape index (κ3) is 4.21. The van der Waals surface area contributed by atoms with Crippen molar-refractivity contribution in [3.8, 4) is 5.75 Å². The first-order chi connectivity index (χ1) is 10.5. The van der Waals surface area contributed by atoms with E-state index in [1.54, 1.807) is 7.11 Å². The lowest BCUT2D eigenvalue weighted by Gasteiger charge is -2.17. The van der Waals surface area contributed by atoms with Gasteiger partial charge in [0.25, 0.3) is 0 Å². The molecular weight excluding hydrogens is 410 g/mol. The lowest BCUT2D eigenvalue weighted by Crippen LogP contribution is -2.18. The second-order valence-electron chi connectivity index (χ2n) is 5.06. The minimum Gasteiger partial charge on any atom is -0.495 e. The predicted molar refractivity (Wildman–Crippen MR) is 97.5 cm³/mol. The molecule has 0 spiro atoms. The normalized spacial score (nSPS) is 10.6. The zero-order chi connectivity index (χ0) is 16.1. The van der Waals surface area contributed by atoms with E-state index in [2.05, 4.69) is 54.3 Å². The summed E-state index contributed by atoms with van der Waals surface area (Å²) in [6, 6.07) is 8.09. The molecule has 6 heteroatoms. The van der Waals surface area contributed by atoms with Crippen molar-refractivity contribution in [1.82, 2.24) is 10.3 Å². The van der Waals surface area contributed by atoms with Crippen LogP contribution < -0.4 is 15.0 Å². The van der Waals surface area contributed by atoms with Gasteiger partial charge in [0.15, 0.2) is 0 Å². The molecule has 1 aromatic heterocycles. The van der Waals surface area contributed by atoms with Crippen molar-refractivity contribution in [3.63, 3.8) is 0 Å². The quantitative estimate of drug-likeness (QED) is 0.755. The number of benzene rings is 1. The highest BCUT2D eigenvalue weighted by molar-refractivity contribution is 9.11. The van der Waals surface area contributed by atoms with Crippen LogP contribution in [0.2, 0.25) is 0 Å². The second-order valence-corrected chi connectivity index (χ2v) is 6.83. The molecule has 0 aliphatic carbocycles. The van der Waals surface area contributed by atoms with E-state index < -0.39 is 0 Å². The average Bonchev–Trinajstić information content (AvgIpc) is 2.47. The molecule has 2 aromatic rings. The van der Waals surface area contributed by atoms with E-state index in [1.807, 2.05) is 37.3 Å². The Balaban J connectivity index is 2.09. The SMILES string of the molecule is COc1c(Br)cc(Br)cc1CNCc1cccnc1N(C)C. The van der Waals surface area contributed by atoms with Gasteiger partial charge >= 0.3 is 0 Å². The van der Waals surface area contributed by atoms with Crippen LogP contribution in [0.3, 0.4) is 0 Å². The number of hydrogen-bond acceptors (Lipinski definition) is 4. The average molecular weight is 429 g/mol. The lowest BCUT2D eigenvalue weighted by atomic mass is 10.2. The molecule has 22 heavy (non-hydrogen) atoms. The van der Waals surface area contributed by atoms with Gasteiger partial charge in [0.2, 0.25) is 0 Å². The molecule has 0 aliphatic rings. The Morgan fingerprint density at radius 2 is 1.91 bits per heavy atom. The minimum atomic E-state index is 0.711. The van der Waals surface area contributed by atoms with Crippen molar-refractivity contribution in [2.24, 2.45) is 0 Å². The lowest BCUT2D eigenvalue weighted by molar-refractivity contribution is 0.405. The topological polar surface area (TPSA) is 37.4 Å². The zero-order valence-corrected chi connectivity index (χ0v) is 16.0. The monoisotopic (exact) mass is 427 g/mol. The number of rotatable bonds is 6. The Labute approximate surface area is 148 Å². The van der Waals surface area contributed by atoms with E-state index in [4.69, 9.17) is 4.74 Å². The van der Waals surface area contributed by atoms with Crippen LogP contribution in [-0.2, 0) is 13.1 Å². The maximum Gasteiger partial charge on any atom is 0.137 e. The molecule has 0 amide bonds. The number of ether oxygens (including phenoxy) is 1. The molecule has 0 radical (unpaired) electrons. The summed E-state index contributed by atoms with van der Waals surface area (Å²) < 4.78 is 7.43. The maximum absolute atomic E-state index is 5.47. The minimum absolute atomic E-state index is 0.711. The van der Waals surface area contributed by atoms with Crippen molar-refractivity contribution >= 4 is 37.7 Å². The van der Waals surface area contributed by atoms with Gasteiger partial charge in [0.1, 0.15) is 11.6 Å². The van der Waals surface area contributed by atoms with Crippen LogP contribution in [0.5, 0.6) is 5.75 Å². The van der Waals surface area contributed by atoms with Crippen LogP contribution in [0.15, 0.2) is 39.4 Å². The van der Waals surface area contributed by atoms with Crippen molar-refractivity contribution in [1.29, 1.82) is 0 Å². The Kier molecular flexibility index (Phi) is 6.23. The van der Waals surface area contributed by atoms with Gasteiger partial charge in [0.05, 0.1) is 11.6 Å². The van der Waals surface area contributed by atoms with Gasteiger partial charge < -0.3 is 15.0 Å². The second kappa shape index (κ2) is 7.94. The Bertz CT molecular complexity index is 647. The fraction of sp³-hybridized carbons (Fsp3) is 0.312. The first-order valence-electron chi connectivity index (χ1n) is 6.86. The number of methoxy groups -OCH3 is 1. The Morgan fingerprint density at radius 3 is 2.59 bits per heavy atom. The van der Waals surface area contributed by atoms with E-state index in [0.29, 0.717) is 6.54 Å². The Hall–Kier alpha value is -1.11. The first kappa shape index (κ1) is 17.2. The smallest absolute Gasteiger partial charge is 0.137 e. The van der Waals surface area contributed by atoms with Crippen LogP contribution >= 0.6 is 31.9 Å². The largest absolute Gasteiger partial charge is 0.495 e. The molecule has 0 atom stereocenters. The van der Waals surface area contributed by atoms with E-state index >= 15 is 0 Å². The van der Waals surface area contributed by atoms with Crippen LogP contribution in [0, 0.1) is 0 Å². The van der Waals surface area contributed by atoms with E-state index in [1.165, 1.54) is 5.56 Å². The highest BCUT2D eigenvalue weighted by Gasteiger charge is 2.10. The number of nitrogens with one attached hydrogen (secondary N) is 1. The predicted octanol–water partition coefficient (Wildman–Crippen LogP) is 3.97. The summed E-state index contributed by atoms with van der Waals surface area (Å²) in [4.78, 5) is 6.43. The third-order valence-corrected chi connectivity index (χ3v) is 4.26. The standard InChI is InChI=1S/C16H19Br2N3O/c1-21(2)16-11(5-4-6-20-16)9-19-10-12-7-13(17)8-14(18)15(12)22-3/h4-8,19H,9-10H2,1-3H3. The molecule has 0 aliphatic heterocycles. The van der Waals surface area contributed by atoms with Gasteiger partial charge in [-0.1, -0.05) is 22.0 Å². The van der Waals surface area contributed by atoms with Gasteiger partial charge in [-0.05, 0) is 34.1 Å². The summed E-state index contributed by atoms with van der Waals surface area (Å²) in [6.07, 6.45) is 1.81. The summed E-state index contributed by atoms with van der Waals surface area (Å²) in [7, 11) is 5.68. The third-order valence-electron chi connectivity index (χ3n) is 3.21. The molecule has 1 N–H and O–H groups in total. The highest BCUT2D eigenvalue weighted by atomic mass is 79.9. The van der Waals surface area contributed by atoms with Crippen molar-refractivity contribution in [2.75, 3.05) is 26.1 Å². The number of hydrogen-bond donors (Lipinski definition) is 1. The Morgan fingerprint density at radius 1 is 1.18 bits per heavy atom. The molecule has 0 unspecified atom stereocenters. The maximum atomic E-state index is 5.47. The van der Waals surface area contributed by atoms with Gasteiger partial charge in [-0.3, -0.25) is 0 Å².